The Labute approximate surface area is 80.1 Å². The van der Waals surface area contributed by atoms with Crippen LogP contribution in [0.4, 0.5) is 11.5 Å². The van der Waals surface area contributed by atoms with Crippen molar-refractivity contribution < 1.29 is 4.79 Å². The first kappa shape index (κ1) is 8.41. The van der Waals surface area contributed by atoms with Crippen molar-refractivity contribution in [1.29, 1.82) is 0 Å². The number of pyridine rings is 1. The van der Waals surface area contributed by atoms with Gasteiger partial charge in [-0.25, -0.2) is 9.78 Å². The molecule has 2 rings (SSSR count). The third-order valence-electron chi connectivity index (χ3n) is 1.94. The van der Waals surface area contributed by atoms with Crippen LogP contribution in [-0.2, 0) is 4.79 Å². The summed E-state index contributed by atoms with van der Waals surface area (Å²) in [6.07, 6.45) is 3.04. The summed E-state index contributed by atoms with van der Waals surface area (Å²) in [5.41, 5.74) is 6.40. The lowest BCUT2D eigenvalue weighted by Gasteiger charge is -2.00. The van der Waals surface area contributed by atoms with E-state index in [1.165, 1.54) is 6.08 Å². The van der Waals surface area contributed by atoms with Crippen LogP contribution in [-0.4, -0.2) is 11.1 Å². The summed E-state index contributed by atoms with van der Waals surface area (Å²) >= 11 is 0. The van der Waals surface area contributed by atoms with Gasteiger partial charge in [0.1, 0.15) is 0 Å². The van der Waals surface area contributed by atoms with Crippen molar-refractivity contribution in [3.8, 4) is 0 Å². The van der Waals surface area contributed by atoms with Gasteiger partial charge in [0.05, 0.1) is 0 Å². The van der Waals surface area contributed by atoms with Crippen molar-refractivity contribution in [1.82, 2.24) is 4.98 Å². The summed E-state index contributed by atoms with van der Waals surface area (Å²) in [7, 11) is 0. The van der Waals surface area contributed by atoms with E-state index in [2.05, 4.69) is 9.98 Å². The number of isocyanates is 1. The second-order valence-electron chi connectivity index (χ2n) is 2.81. The number of hydrogen-bond donors (Lipinski definition) is 1. The maximum atomic E-state index is 10.0. The van der Waals surface area contributed by atoms with Gasteiger partial charge in [0, 0.05) is 17.3 Å². The lowest BCUT2D eigenvalue weighted by atomic mass is 10.1. The standard InChI is InChI=1S/C10H7N3O/c11-9-3-1-2-7-4-10(13-6-14)12-5-8(7)9/h1-5H,11H2. The Bertz CT molecular complexity index is 530. The molecule has 2 N–H and O–H groups in total. The van der Waals surface area contributed by atoms with Gasteiger partial charge in [-0.3, -0.25) is 0 Å². The van der Waals surface area contributed by atoms with E-state index >= 15 is 0 Å². The number of aromatic nitrogens is 1. The average Bonchev–Trinajstić information content (AvgIpc) is 2.18. The molecule has 1 aromatic carbocycles. The Morgan fingerprint density at radius 3 is 3.07 bits per heavy atom. The molecule has 0 unspecified atom stereocenters. The molecule has 1 aromatic heterocycles. The minimum Gasteiger partial charge on any atom is -0.398 e. The Hall–Kier alpha value is -2.19. The normalized spacial score (nSPS) is 9.71. The van der Waals surface area contributed by atoms with Crippen LogP contribution in [0.3, 0.4) is 0 Å². The molecule has 68 valence electrons. The number of hydrogen-bond acceptors (Lipinski definition) is 4. The molecule has 4 nitrogen and oxygen atoms in total. The van der Waals surface area contributed by atoms with Crippen molar-refractivity contribution in [3.63, 3.8) is 0 Å². The van der Waals surface area contributed by atoms with Crippen LogP contribution >= 0.6 is 0 Å². The van der Waals surface area contributed by atoms with Gasteiger partial charge < -0.3 is 5.73 Å². The number of carbonyl (C=O) groups excluding carboxylic acids is 1. The highest BCUT2D eigenvalue weighted by Gasteiger charge is 1.98. The molecule has 4 heteroatoms. The Morgan fingerprint density at radius 2 is 2.29 bits per heavy atom. The van der Waals surface area contributed by atoms with Gasteiger partial charge in [-0.15, -0.1) is 4.99 Å². The van der Waals surface area contributed by atoms with E-state index in [0.717, 1.165) is 10.8 Å². The molecule has 0 atom stereocenters. The van der Waals surface area contributed by atoms with Gasteiger partial charge in [0.2, 0.25) is 6.08 Å². The average molecular weight is 185 g/mol. The SMILES string of the molecule is Nc1cccc2cc(N=C=O)ncc12. The topological polar surface area (TPSA) is 68.3 Å². The number of anilines is 1. The number of nitrogens with zero attached hydrogens (tertiary/aromatic N) is 2. The van der Waals surface area contributed by atoms with Gasteiger partial charge in [0.25, 0.3) is 0 Å². The zero-order valence-corrected chi connectivity index (χ0v) is 7.27. The molecule has 0 radical (unpaired) electrons. The predicted molar refractivity (Wildman–Crippen MR) is 53.9 cm³/mol. The highest BCUT2D eigenvalue weighted by Crippen LogP contribution is 2.22. The number of aliphatic imine (C=N–C) groups is 1. The highest BCUT2D eigenvalue weighted by atomic mass is 16.1. The zero-order valence-electron chi connectivity index (χ0n) is 7.27. The summed E-state index contributed by atoms with van der Waals surface area (Å²) < 4.78 is 0. The van der Waals surface area contributed by atoms with Crippen LogP contribution in [0.1, 0.15) is 0 Å². The first-order chi connectivity index (χ1) is 6.81. The van der Waals surface area contributed by atoms with Crippen molar-refractivity contribution >= 4 is 28.4 Å². The third-order valence-corrected chi connectivity index (χ3v) is 1.94. The van der Waals surface area contributed by atoms with Crippen LogP contribution in [0.25, 0.3) is 10.8 Å². The second-order valence-corrected chi connectivity index (χ2v) is 2.81. The van der Waals surface area contributed by atoms with E-state index in [0.29, 0.717) is 11.5 Å². The molecule has 0 amide bonds. The monoisotopic (exact) mass is 185 g/mol. The second kappa shape index (κ2) is 3.28. The fourth-order valence-corrected chi connectivity index (χ4v) is 1.29. The van der Waals surface area contributed by atoms with Crippen molar-refractivity contribution in [3.05, 3.63) is 30.5 Å². The van der Waals surface area contributed by atoms with E-state index in [-0.39, 0.29) is 0 Å². The van der Waals surface area contributed by atoms with Crippen LogP contribution in [0.2, 0.25) is 0 Å². The fourth-order valence-electron chi connectivity index (χ4n) is 1.29. The van der Waals surface area contributed by atoms with E-state index < -0.39 is 0 Å². The zero-order chi connectivity index (χ0) is 9.97. The number of rotatable bonds is 1. The van der Waals surface area contributed by atoms with E-state index in [1.807, 2.05) is 12.1 Å². The van der Waals surface area contributed by atoms with Crippen LogP contribution in [0, 0.1) is 0 Å². The molecule has 0 bridgehead atoms. The van der Waals surface area contributed by atoms with E-state index in [1.54, 1.807) is 18.3 Å². The number of nitrogen functional groups attached to an aromatic ring is 1. The summed E-state index contributed by atoms with van der Waals surface area (Å²) in [6, 6.07) is 7.21. The smallest absolute Gasteiger partial charge is 0.242 e. The Kier molecular flexibility index (Phi) is 1.97. The summed E-state index contributed by atoms with van der Waals surface area (Å²) in [5, 5.41) is 1.77. The minimum absolute atomic E-state index is 0.345. The van der Waals surface area contributed by atoms with Gasteiger partial charge in [-0.1, -0.05) is 12.1 Å². The van der Waals surface area contributed by atoms with E-state index in [9.17, 15) is 4.79 Å². The number of nitrogens with two attached hydrogens (primary N) is 1. The van der Waals surface area contributed by atoms with Crippen molar-refractivity contribution in [2.24, 2.45) is 4.99 Å². The summed E-state index contributed by atoms with van der Waals surface area (Å²) in [5.74, 6) is 0.345. The highest BCUT2D eigenvalue weighted by molar-refractivity contribution is 5.93. The quantitative estimate of drug-likeness (QED) is 0.418. The minimum atomic E-state index is 0.345. The lowest BCUT2D eigenvalue weighted by Crippen LogP contribution is -1.86. The van der Waals surface area contributed by atoms with Crippen molar-refractivity contribution in [2.75, 3.05) is 5.73 Å². The third kappa shape index (κ3) is 1.34. The molecule has 0 aliphatic heterocycles. The maximum absolute atomic E-state index is 10.0. The molecule has 14 heavy (non-hydrogen) atoms. The van der Waals surface area contributed by atoms with Crippen LogP contribution in [0.15, 0.2) is 35.5 Å². The van der Waals surface area contributed by atoms with Gasteiger partial charge in [0.15, 0.2) is 5.82 Å². The molecule has 0 saturated carbocycles. The number of benzene rings is 1. The molecule has 0 saturated heterocycles. The van der Waals surface area contributed by atoms with E-state index in [4.69, 9.17) is 5.73 Å². The molecule has 0 fully saturated rings. The molecule has 2 aromatic rings. The van der Waals surface area contributed by atoms with Crippen molar-refractivity contribution in [2.45, 2.75) is 0 Å². The van der Waals surface area contributed by atoms with Gasteiger partial charge >= 0.3 is 0 Å². The molecule has 0 aliphatic carbocycles. The molecule has 0 spiro atoms. The Balaban J connectivity index is 2.73. The maximum Gasteiger partial charge on any atom is 0.242 e. The molecular formula is C10H7N3O. The molecular weight excluding hydrogens is 178 g/mol. The largest absolute Gasteiger partial charge is 0.398 e. The lowest BCUT2D eigenvalue weighted by molar-refractivity contribution is 0.565. The molecule has 1 heterocycles. The first-order valence-electron chi connectivity index (χ1n) is 4.03. The van der Waals surface area contributed by atoms with Gasteiger partial charge in [-0.2, -0.15) is 0 Å². The fraction of sp³-hybridized carbons (Fsp3) is 0. The predicted octanol–water partition coefficient (Wildman–Crippen LogP) is 1.78. The summed E-state index contributed by atoms with van der Waals surface area (Å²) in [6.45, 7) is 0. The molecule has 0 aliphatic rings. The first-order valence-corrected chi connectivity index (χ1v) is 4.03. The number of fused-ring (bicyclic) bond motifs is 1. The van der Waals surface area contributed by atoms with Gasteiger partial charge in [-0.05, 0) is 17.5 Å². The van der Waals surface area contributed by atoms with Crippen LogP contribution < -0.4 is 5.73 Å². The Morgan fingerprint density at radius 1 is 1.43 bits per heavy atom. The summed E-state index contributed by atoms with van der Waals surface area (Å²) in [4.78, 5) is 17.4. The van der Waals surface area contributed by atoms with Crippen LogP contribution in [0.5, 0.6) is 0 Å².